The maximum Gasteiger partial charge on any atom is 0.105 e. The van der Waals surface area contributed by atoms with Crippen molar-refractivity contribution in [2.75, 3.05) is 33.7 Å². The molecule has 1 aliphatic rings. The molecule has 0 amide bonds. The zero-order valence-corrected chi connectivity index (χ0v) is 11.1. The summed E-state index contributed by atoms with van der Waals surface area (Å²) < 4.78 is 5.35. The lowest BCUT2D eigenvalue weighted by atomic mass is 9.96. The van der Waals surface area contributed by atoms with E-state index in [0.717, 1.165) is 31.8 Å². The molecule has 0 bridgehead atoms. The Morgan fingerprint density at radius 2 is 2.35 bits per heavy atom. The topological polar surface area (TPSA) is 45.6 Å². The predicted molar refractivity (Wildman–Crippen MR) is 68.8 cm³/mol. The molecule has 0 radical (unpaired) electrons. The van der Waals surface area contributed by atoms with Crippen LogP contribution in [0.1, 0.15) is 17.7 Å². The summed E-state index contributed by atoms with van der Waals surface area (Å²) in [5.74, 6) is 1.01. The molecule has 4 heteroatoms. The molecule has 0 spiro atoms. The van der Waals surface area contributed by atoms with Crippen molar-refractivity contribution in [3.63, 3.8) is 0 Å². The van der Waals surface area contributed by atoms with Gasteiger partial charge in [0.15, 0.2) is 0 Å². The van der Waals surface area contributed by atoms with E-state index in [2.05, 4.69) is 30.0 Å². The summed E-state index contributed by atoms with van der Waals surface area (Å²) in [7, 11) is 4.33. The smallest absolute Gasteiger partial charge is 0.105 e. The van der Waals surface area contributed by atoms with Crippen LogP contribution in [0, 0.1) is 6.92 Å². The molecule has 96 valence electrons. The Hall–Kier alpha value is -0.840. The minimum atomic E-state index is 0.123. The molecule has 4 nitrogen and oxygen atoms in total. The highest BCUT2D eigenvalue weighted by Gasteiger charge is 2.39. The second kappa shape index (κ2) is 4.80. The van der Waals surface area contributed by atoms with Gasteiger partial charge in [0, 0.05) is 30.7 Å². The molecule has 1 aromatic heterocycles. The van der Waals surface area contributed by atoms with Crippen molar-refractivity contribution in [2.24, 2.45) is 5.73 Å². The highest BCUT2D eigenvalue weighted by molar-refractivity contribution is 5.16. The largest absolute Gasteiger partial charge is 0.469 e. The van der Waals surface area contributed by atoms with Crippen molar-refractivity contribution in [1.82, 2.24) is 9.80 Å². The van der Waals surface area contributed by atoms with Gasteiger partial charge in [-0.3, -0.25) is 4.90 Å². The van der Waals surface area contributed by atoms with Crippen molar-refractivity contribution < 1.29 is 4.42 Å². The predicted octanol–water partition coefficient (Wildman–Crippen LogP) is 1.05. The van der Waals surface area contributed by atoms with Gasteiger partial charge in [0.05, 0.1) is 6.26 Å². The molecule has 2 rings (SSSR count). The number of likely N-dealkylation sites (N-methyl/N-ethyl adjacent to an activating group) is 2. The van der Waals surface area contributed by atoms with Gasteiger partial charge in [-0.25, -0.2) is 0 Å². The van der Waals surface area contributed by atoms with E-state index in [-0.39, 0.29) is 5.54 Å². The van der Waals surface area contributed by atoms with Gasteiger partial charge in [-0.05, 0) is 40.1 Å². The van der Waals surface area contributed by atoms with Crippen molar-refractivity contribution in [3.05, 3.63) is 23.7 Å². The van der Waals surface area contributed by atoms with E-state index >= 15 is 0 Å². The lowest BCUT2D eigenvalue weighted by Gasteiger charge is -2.37. The Kier molecular flexibility index (Phi) is 3.56. The van der Waals surface area contributed by atoms with Crippen molar-refractivity contribution >= 4 is 0 Å². The first kappa shape index (κ1) is 12.6. The molecular formula is C13H23N3O. The van der Waals surface area contributed by atoms with Gasteiger partial charge in [0.2, 0.25) is 0 Å². The molecule has 1 fully saturated rings. The van der Waals surface area contributed by atoms with Crippen LogP contribution in [0.25, 0.3) is 0 Å². The van der Waals surface area contributed by atoms with E-state index in [9.17, 15) is 0 Å². The number of nitrogens with two attached hydrogens (primary N) is 1. The Balaban J connectivity index is 2.08. The summed E-state index contributed by atoms with van der Waals surface area (Å²) in [5, 5.41) is 0. The zero-order chi connectivity index (χ0) is 12.5. The molecule has 0 aromatic carbocycles. The number of furan rings is 1. The van der Waals surface area contributed by atoms with Gasteiger partial charge < -0.3 is 15.1 Å². The average Bonchev–Trinajstić information content (AvgIpc) is 2.87. The summed E-state index contributed by atoms with van der Waals surface area (Å²) in [6, 6.07) is 2.05. The number of aryl methyl sites for hydroxylation is 1. The molecule has 1 saturated heterocycles. The lowest BCUT2D eigenvalue weighted by Crippen LogP contribution is -2.53. The molecule has 0 saturated carbocycles. The zero-order valence-electron chi connectivity index (χ0n) is 11.1. The van der Waals surface area contributed by atoms with Crippen molar-refractivity contribution in [3.8, 4) is 0 Å². The van der Waals surface area contributed by atoms with Gasteiger partial charge in [-0.2, -0.15) is 0 Å². The SMILES string of the molecule is Cc1occc1CN(C)C1(CN)CCN(C)C1. The summed E-state index contributed by atoms with van der Waals surface area (Å²) in [6.07, 6.45) is 2.90. The fraction of sp³-hybridized carbons (Fsp3) is 0.692. The van der Waals surface area contributed by atoms with Crippen LogP contribution >= 0.6 is 0 Å². The molecule has 2 N–H and O–H groups in total. The molecule has 1 aromatic rings. The van der Waals surface area contributed by atoms with Crippen LogP contribution < -0.4 is 5.73 Å². The standard InChI is InChI=1S/C13H23N3O/c1-11-12(4-7-17-11)8-16(3)13(9-14)5-6-15(2)10-13/h4,7H,5-6,8-10,14H2,1-3H3. The van der Waals surface area contributed by atoms with Gasteiger partial charge in [-0.1, -0.05) is 0 Å². The Labute approximate surface area is 103 Å². The third-order valence-corrected chi connectivity index (χ3v) is 4.09. The molecule has 1 atom stereocenters. The Bertz CT molecular complexity index is 376. The van der Waals surface area contributed by atoms with Gasteiger partial charge >= 0.3 is 0 Å². The van der Waals surface area contributed by atoms with Crippen LogP contribution in [0.15, 0.2) is 16.7 Å². The van der Waals surface area contributed by atoms with Crippen LogP contribution in [-0.4, -0.2) is 49.1 Å². The van der Waals surface area contributed by atoms with Crippen LogP contribution in [0.2, 0.25) is 0 Å². The summed E-state index contributed by atoms with van der Waals surface area (Å²) in [5.41, 5.74) is 7.39. The normalized spacial score (nSPS) is 25.9. The van der Waals surface area contributed by atoms with Gasteiger partial charge in [0.25, 0.3) is 0 Å². The molecule has 17 heavy (non-hydrogen) atoms. The fourth-order valence-corrected chi connectivity index (χ4v) is 2.69. The number of nitrogens with zero attached hydrogens (tertiary/aromatic N) is 2. The molecular weight excluding hydrogens is 214 g/mol. The number of hydrogen-bond acceptors (Lipinski definition) is 4. The number of likely N-dealkylation sites (tertiary alicyclic amines) is 1. The van der Waals surface area contributed by atoms with Crippen LogP contribution in [0.4, 0.5) is 0 Å². The van der Waals surface area contributed by atoms with E-state index in [1.54, 1.807) is 6.26 Å². The van der Waals surface area contributed by atoms with E-state index in [4.69, 9.17) is 10.2 Å². The number of rotatable bonds is 4. The maximum absolute atomic E-state index is 6.01. The van der Waals surface area contributed by atoms with E-state index in [1.165, 1.54) is 5.56 Å². The van der Waals surface area contributed by atoms with Crippen LogP contribution in [-0.2, 0) is 6.54 Å². The Morgan fingerprint density at radius 1 is 1.59 bits per heavy atom. The quantitative estimate of drug-likeness (QED) is 0.850. The fourth-order valence-electron chi connectivity index (χ4n) is 2.69. The third kappa shape index (κ3) is 2.39. The minimum Gasteiger partial charge on any atom is -0.469 e. The van der Waals surface area contributed by atoms with Crippen molar-refractivity contribution in [2.45, 2.75) is 25.4 Å². The summed E-state index contributed by atoms with van der Waals surface area (Å²) in [6.45, 7) is 5.82. The second-order valence-electron chi connectivity index (χ2n) is 5.27. The summed E-state index contributed by atoms with van der Waals surface area (Å²) in [4.78, 5) is 4.74. The molecule has 1 aliphatic heterocycles. The average molecular weight is 237 g/mol. The van der Waals surface area contributed by atoms with Crippen LogP contribution in [0.5, 0.6) is 0 Å². The van der Waals surface area contributed by atoms with Crippen molar-refractivity contribution in [1.29, 1.82) is 0 Å². The third-order valence-electron chi connectivity index (χ3n) is 4.09. The lowest BCUT2D eigenvalue weighted by molar-refractivity contribution is 0.125. The maximum atomic E-state index is 6.01. The summed E-state index contributed by atoms with van der Waals surface area (Å²) >= 11 is 0. The monoisotopic (exact) mass is 237 g/mol. The van der Waals surface area contributed by atoms with Gasteiger partial charge in [-0.15, -0.1) is 0 Å². The first-order chi connectivity index (χ1) is 8.07. The first-order valence-corrected chi connectivity index (χ1v) is 6.20. The molecule has 2 heterocycles. The molecule has 0 aliphatic carbocycles. The highest BCUT2D eigenvalue weighted by atomic mass is 16.3. The second-order valence-corrected chi connectivity index (χ2v) is 5.27. The van der Waals surface area contributed by atoms with Gasteiger partial charge in [0.1, 0.15) is 5.76 Å². The Morgan fingerprint density at radius 3 is 2.82 bits per heavy atom. The van der Waals surface area contributed by atoms with E-state index in [1.807, 2.05) is 6.92 Å². The minimum absolute atomic E-state index is 0.123. The van der Waals surface area contributed by atoms with E-state index in [0.29, 0.717) is 6.54 Å². The van der Waals surface area contributed by atoms with E-state index < -0.39 is 0 Å². The number of hydrogen-bond donors (Lipinski definition) is 1. The first-order valence-electron chi connectivity index (χ1n) is 6.20. The molecule has 1 unspecified atom stereocenters. The van der Waals surface area contributed by atoms with Crippen LogP contribution in [0.3, 0.4) is 0 Å². The highest BCUT2D eigenvalue weighted by Crippen LogP contribution is 2.27.